The fourth-order valence-electron chi connectivity index (χ4n) is 13.1. The van der Waals surface area contributed by atoms with E-state index < -0.39 is 0 Å². The molecule has 0 aromatic carbocycles. The van der Waals surface area contributed by atoms with Crippen LogP contribution in [0.25, 0.3) is 0 Å². The molecular formula is C39H54N2P2. The lowest BCUT2D eigenvalue weighted by Gasteiger charge is -2.67. The van der Waals surface area contributed by atoms with Crippen molar-refractivity contribution < 1.29 is 0 Å². The maximum Gasteiger partial charge on any atom is 0.0590 e. The zero-order valence-electron chi connectivity index (χ0n) is 26.9. The summed E-state index contributed by atoms with van der Waals surface area (Å²) in [5, 5.41) is 1.14. The summed E-state index contributed by atoms with van der Waals surface area (Å²) in [4.78, 5) is 6.87. The minimum Gasteiger partial charge on any atom is -0.367 e. The average molecular weight is 613 g/mol. The summed E-state index contributed by atoms with van der Waals surface area (Å²) in [5.41, 5.74) is 8.06. The Labute approximate surface area is 264 Å². The van der Waals surface area contributed by atoms with Gasteiger partial charge in [-0.1, -0.05) is 40.3 Å². The molecule has 0 saturated heterocycles. The van der Waals surface area contributed by atoms with Gasteiger partial charge in [-0.05, 0) is 175 Å². The number of aromatic nitrogens is 2. The molecule has 0 aliphatic heterocycles. The van der Waals surface area contributed by atoms with Gasteiger partial charge in [-0.15, -0.1) is 9.24 Å². The molecule has 11 rings (SSSR count). The first kappa shape index (κ1) is 28.1. The van der Waals surface area contributed by atoms with Crippen molar-refractivity contribution in [2.75, 3.05) is 6.16 Å². The monoisotopic (exact) mass is 612 g/mol. The highest BCUT2D eigenvalue weighted by atomic mass is 31.1. The Balaban J connectivity index is 1.20. The maximum absolute atomic E-state index is 3.44. The Kier molecular flexibility index (Phi) is 6.35. The van der Waals surface area contributed by atoms with E-state index in [1.165, 1.54) is 17.3 Å². The van der Waals surface area contributed by atoms with Crippen molar-refractivity contribution in [2.45, 2.75) is 120 Å². The number of hydrogen-bond acceptors (Lipinski definition) is 0. The van der Waals surface area contributed by atoms with Crippen LogP contribution < -0.4 is 0 Å². The third-order valence-electron chi connectivity index (χ3n) is 14.1. The van der Waals surface area contributed by atoms with Crippen molar-refractivity contribution in [3.63, 3.8) is 0 Å². The quantitative estimate of drug-likeness (QED) is 0.292. The summed E-state index contributed by atoms with van der Waals surface area (Å²) in [7, 11) is 3.33. The van der Waals surface area contributed by atoms with Crippen LogP contribution in [0.3, 0.4) is 0 Å². The Bertz CT molecular complexity index is 1290. The van der Waals surface area contributed by atoms with Crippen molar-refractivity contribution in [3.8, 4) is 0 Å². The van der Waals surface area contributed by atoms with E-state index in [0.717, 1.165) is 41.9 Å². The number of rotatable bonds is 7. The fourth-order valence-corrected chi connectivity index (χ4v) is 18.9. The van der Waals surface area contributed by atoms with Gasteiger partial charge in [0.2, 0.25) is 0 Å². The maximum atomic E-state index is 3.44. The first-order valence-electron chi connectivity index (χ1n) is 17.9. The van der Waals surface area contributed by atoms with Gasteiger partial charge in [0, 0.05) is 24.8 Å². The standard InChI is InChI=1S/C39H54N2P2/c1-36(2,3)34-14-31(35(15-34)39(42,32-4-6-40-22-32)33-5-7-41-23-33)24-43(37-16-25-8-26(17-37)10-27(9-25)18-37)38-19-28-11-29(20-38)13-30(12-28)21-38/h4-7,14,22-23,25-30,40-41H,8-13,15-21,24,42H2,1-3H3. The third kappa shape index (κ3) is 4.38. The largest absolute Gasteiger partial charge is 0.367 e. The Morgan fingerprint density at radius 3 is 1.49 bits per heavy atom. The fraction of sp³-hybridized carbons (Fsp3) is 0.692. The normalized spacial score (nSPS) is 40.5. The molecule has 8 bridgehead atoms. The van der Waals surface area contributed by atoms with Gasteiger partial charge in [0.25, 0.3) is 0 Å². The third-order valence-corrected chi connectivity index (χ3v) is 19.2. The minimum atomic E-state index is -0.192. The van der Waals surface area contributed by atoms with Crippen molar-refractivity contribution in [3.05, 3.63) is 70.8 Å². The molecule has 4 heteroatoms. The number of nitrogens with one attached hydrogen (secondary N) is 2. The summed E-state index contributed by atoms with van der Waals surface area (Å²) < 4.78 is 0. The number of allylic oxidation sites excluding steroid dienone is 4. The first-order valence-corrected chi connectivity index (χ1v) is 20.0. The molecule has 9 aliphatic carbocycles. The number of H-pyrrole nitrogens is 2. The van der Waals surface area contributed by atoms with Gasteiger partial charge in [0.1, 0.15) is 0 Å². The molecule has 8 fully saturated rings. The van der Waals surface area contributed by atoms with Crippen LogP contribution in [0.1, 0.15) is 115 Å². The number of hydrogen-bond donors (Lipinski definition) is 2. The van der Waals surface area contributed by atoms with Gasteiger partial charge in [-0.2, -0.15) is 0 Å². The molecule has 1 unspecified atom stereocenters. The predicted molar refractivity (Wildman–Crippen MR) is 185 cm³/mol. The first-order chi connectivity index (χ1) is 20.6. The lowest BCUT2D eigenvalue weighted by atomic mass is 9.55. The number of aromatic amines is 2. The minimum absolute atomic E-state index is 0.0909. The lowest BCUT2D eigenvalue weighted by Crippen LogP contribution is -2.57. The molecule has 43 heavy (non-hydrogen) atoms. The van der Waals surface area contributed by atoms with Crippen LogP contribution in [0.5, 0.6) is 0 Å². The van der Waals surface area contributed by atoms with Gasteiger partial charge in [0.15, 0.2) is 0 Å². The van der Waals surface area contributed by atoms with E-state index in [4.69, 9.17) is 0 Å². The van der Waals surface area contributed by atoms with Gasteiger partial charge < -0.3 is 9.97 Å². The Hall–Kier alpha value is -1.10. The van der Waals surface area contributed by atoms with Crippen LogP contribution in [-0.4, -0.2) is 26.4 Å². The topological polar surface area (TPSA) is 31.6 Å². The molecule has 2 aromatic rings. The highest BCUT2D eigenvalue weighted by Gasteiger charge is 2.62. The van der Waals surface area contributed by atoms with E-state index in [0.29, 0.717) is 10.3 Å². The van der Waals surface area contributed by atoms with Gasteiger partial charge in [-0.3, -0.25) is 0 Å². The molecule has 0 radical (unpaired) electrons. The highest BCUT2D eigenvalue weighted by Crippen LogP contribution is 2.79. The predicted octanol–water partition coefficient (Wildman–Crippen LogP) is 10.6. The summed E-state index contributed by atoms with van der Waals surface area (Å²) in [5.74, 6) is 6.27. The zero-order valence-corrected chi connectivity index (χ0v) is 29.0. The summed E-state index contributed by atoms with van der Waals surface area (Å²) in [6.07, 6.45) is 33.0. The average Bonchev–Trinajstić information content (AvgIpc) is 3.72. The Morgan fingerprint density at radius 1 is 0.721 bits per heavy atom. The molecule has 2 heterocycles. The highest BCUT2D eigenvalue weighted by molar-refractivity contribution is 7.61. The molecule has 2 aromatic heterocycles. The van der Waals surface area contributed by atoms with Gasteiger partial charge in [0.05, 0.1) is 5.16 Å². The van der Waals surface area contributed by atoms with Crippen molar-refractivity contribution in [2.24, 2.45) is 40.9 Å². The molecule has 0 amide bonds. The lowest BCUT2D eigenvalue weighted by molar-refractivity contribution is 0.0187. The van der Waals surface area contributed by atoms with E-state index in [1.54, 1.807) is 93.8 Å². The molecular weight excluding hydrogens is 558 g/mol. The van der Waals surface area contributed by atoms with E-state index >= 15 is 0 Å². The molecule has 8 saturated carbocycles. The van der Waals surface area contributed by atoms with Crippen LogP contribution in [-0.2, 0) is 5.16 Å². The van der Waals surface area contributed by atoms with Crippen LogP contribution in [0, 0.1) is 40.9 Å². The van der Waals surface area contributed by atoms with Crippen molar-refractivity contribution in [1.29, 1.82) is 0 Å². The SMILES string of the molecule is CC(C)(C)C1=CC(CP(C23CC4CC(CC(C4)C2)C3)C23CC4CC(CC(C4)C2)C3)=C(C(P)(c2cc[nH]c2)c2cc[nH]c2)C1. The van der Waals surface area contributed by atoms with E-state index in [2.05, 4.69) is 83.0 Å². The van der Waals surface area contributed by atoms with Crippen molar-refractivity contribution in [1.82, 2.24) is 9.97 Å². The summed E-state index contributed by atoms with van der Waals surface area (Å²) >= 11 is 0. The summed E-state index contributed by atoms with van der Waals surface area (Å²) in [6.45, 7) is 7.37. The van der Waals surface area contributed by atoms with Gasteiger partial charge >= 0.3 is 0 Å². The molecule has 230 valence electrons. The zero-order chi connectivity index (χ0) is 29.2. The molecule has 2 nitrogen and oxygen atoms in total. The molecule has 0 spiro atoms. The van der Waals surface area contributed by atoms with Crippen molar-refractivity contribution >= 4 is 17.2 Å². The van der Waals surface area contributed by atoms with E-state index in [9.17, 15) is 0 Å². The van der Waals surface area contributed by atoms with E-state index in [-0.39, 0.29) is 18.5 Å². The second kappa shape index (κ2) is 9.71. The van der Waals surface area contributed by atoms with Crippen LogP contribution in [0.4, 0.5) is 0 Å². The molecule has 1 atom stereocenters. The van der Waals surface area contributed by atoms with Crippen LogP contribution >= 0.6 is 17.2 Å². The molecule has 2 N–H and O–H groups in total. The second-order valence-electron chi connectivity index (χ2n) is 18.0. The van der Waals surface area contributed by atoms with Gasteiger partial charge in [-0.25, -0.2) is 0 Å². The second-order valence-corrected chi connectivity index (χ2v) is 21.9. The smallest absolute Gasteiger partial charge is 0.0590 e. The van der Waals surface area contributed by atoms with Crippen LogP contribution in [0.2, 0.25) is 0 Å². The van der Waals surface area contributed by atoms with Crippen LogP contribution in [0.15, 0.2) is 59.7 Å². The Morgan fingerprint density at radius 2 is 1.14 bits per heavy atom. The van der Waals surface area contributed by atoms with E-state index in [1.807, 2.05) is 0 Å². The summed E-state index contributed by atoms with van der Waals surface area (Å²) in [6, 6.07) is 4.67. The molecule has 9 aliphatic rings.